The fourth-order valence-electron chi connectivity index (χ4n) is 2.19. The zero-order valence-corrected chi connectivity index (χ0v) is 12.2. The van der Waals surface area contributed by atoms with Gasteiger partial charge in [0.05, 0.1) is 0 Å². The Morgan fingerprint density at radius 2 is 1.35 bits per heavy atom. The maximum absolute atomic E-state index is 2.32. The van der Waals surface area contributed by atoms with Gasteiger partial charge in [-0.2, -0.15) is 0 Å². The van der Waals surface area contributed by atoms with Crippen LogP contribution in [0, 0.1) is 5.92 Å². The zero-order chi connectivity index (χ0) is 13.0. The van der Waals surface area contributed by atoms with E-state index in [2.05, 4.69) is 71.0 Å². The molecule has 0 fully saturated rings. The average molecular weight is 233 g/mol. The van der Waals surface area contributed by atoms with Crippen molar-refractivity contribution in [2.75, 3.05) is 14.1 Å². The number of hydrogen-bond acceptors (Lipinski definition) is 1. The summed E-state index contributed by atoms with van der Waals surface area (Å²) < 4.78 is 0. The lowest BCUT2D eigenvalue weighted by atomic mass is 9.94. The molecule has 0 aromatic heterocycles. The smallest absolute Gasteiger partial charge is 0.0344 e. The molecular weight excluding hydrogens is 206 g/mol. The van der Waals surface area contributed by atoms with E-state index in [0.717, 1.165) is 5.92 Å². The Bertz CT molecular complexity index is 322. The van der Waals surface area contributed by atoms with Crippen molar-refractivity contribution >= 4 is 0 Å². The van der Waals surface area contributed by atoms with Crippen molar-refractivity contribution in [2.24, 2.45) is 5.92 Å². The fraction of sp³-hybridized carbons (Fsp3) is 0.625. The van der Waals surface area contributed by atoms with Crippen LogP contribution < -0.4 is 0 Å². The average Bonchev–Trinajstić information content (AvgIpc) is 2.25. The van der Waals surface area contributed by atoms with E-state index in [1.54, 1.807) is 0 Å². The summed E-state index contributed by atoms with van der Waals surface area (Å²) in [6, 6.07) is 9.68. The lowest BCUT2D eigenvalue weighted by Crippen LogP contribution is -2.21. The minimum Gasteiger partial charge on any atom is -0.302 e. The lowest BCUT2D eigenvalue weighted by molar-refractivity contribution is 0.259. The van der Waals surface area contributed by atoms with Gasteiger partial charge in [-0.15, -0.1) is 0 Å². The van der Waals surface area contributed by atoms with Gasteiger partial charge in [0.2, 0.25) is 0 Å². The summed E-state index contributed by atoms with van der Waals surface area (Å²) >= 11 is 0. The molecule has 1 heteroatoms. The summed E-state index contributed by atoms with van der Waals surface area (Å²) in [4.78, 5) is 2.32. The highest BCUT2D eigenvalue weighted by atomic mass is 15.1. The molecule has 0 amide bonds. The van der Waals surface area contributed by atoms with Gasteiger partial charge in [0, 0.05) is 6.04 Å². The van der Waals surface area contributed by atoms with E-state index in [0.29, 0.717) is 12.0 Å². The van der Waals surface area contributed by atoms with E-state index in [9.17, 15) is 0 Å². The fourth-order valence-corrected chi connectivity index (χ4v) is 2.19. The second kappa shape index (κ2) is 6.20. The van der Waals surface area contributed by atoms with Crippen LogP contribution in [-0.2, 0) is 0 Å². The molecule has 0 aliphatic rings. The summed E-state index contributed by atoms with van der Waals surface area (Å²) in [5.41, 5.74) is 2.86. The highest BCUT2D eigenvalue weighted by Crippen LogP contribution is 2.27. The molecule has 17 heavy (non-hydrogen) atoms. The van der Waals surface area contributed by atoms with Crippen molar-refractivity contribution in [1.29, 1.82) is 0 Å². The Morgan fingerprint density at radius 3 is 1.71 bits per heavy atom. The van der Waals surface area contributed by atoms with E-state index in [1.807, 2.05) is 0 Å². The number of nitrogens with zero attached hydrogens (tertiary/aromatic N) is 1. The van der Waals surface area contributed by atoms with Crippen molar-refractivity contribution in [3.8, 4) is 0 Å². The molecule has 0 saturated carbocycles. The van der Waals surface area contributed by atoms with Crippen LogP contribution in [0.2, 0.25) is 0 Å². The Morgan fingerprint density at radius 1 is 0.882 bits per heavy atom. The topological polar surface area (TPSA) is 3.24 Å². The minimum atomic E-state index is 0.538. The van der Waals surface area contributed by atoms with Crippen LogP contribution in [0.3, 0.4) is 0 Å². The van der Waals surface area contributed by atoms with Crippen LogP contribution >= 0.6 is 0 Å². The molecule has 1 atom stereocenters. The highest BCUT2D eigenvalue weighted by molar-refractivity contribution is 5.26. The van der Waals surface area contributed by atoms with Gasteiger partial charge in [0.15, 0.2) is 0 Å². The number of benzene rings is 1. The first kappa shape index (κ1) is 14.2. The molecule has 0 radical (unpaired) electrons. The van der Waals surface area contributed by atoms with Crippen molar-refractivity contribution in [2.45, 2.75) is 46.1 Å². The van der Waals surface area contributed by atoms with Gasteiger partial charge in [0.25, 0.3) is 0 Å². The molecule has 0 spiro atoms. The van der Waals surface area contributed by atoms with Gasteiger partial charge < -0.3 is 4.90 Å². The highest BCUT2D eigenvalue weighted by Gasteiger charge is 2.15. The van der Waals surface area contributed by atoms with Crippen LogP contribution in [0.5, 0.6) is 0 Å². The van der Waals surface area contributed by atoms with Crippen molar-refractivity contribution in [3.63, 3.8) is 0 Å². The van der Waals surface area contributed by atoms with Gasteiger partial charge in [-0.1, -0.05) is 52.0 Å². The second-order valence-corrected chi connectivity index (χ2v) is 5.93. The molecule has 0 N–H and O–H groups in total. The summed E-state index contributed by atoms with van der Waals surface area (Å²) in [5.74, 6) is 1.35. The lowest BCUT2D eigenvalue weighted by Gasteiger charge is -2.26. The Balaban J connectivity index is 2.87. The molecule has 1 nitrogen and oxygen atoms in total. The summed E-state index contributed by atoms with van der Waals surface area (Å²) in [5, 5.41) is 0. The molecule has 0 bridgehead atoms. The van der Waals surface area contributed by atoms with E-state index in [4.69, 9.17) is 0 Å². The molecule has 0 heterocycles. The van der Waals surface area contributed by atoms with Gasteiger partial charge in [-0.25, -0.2) is 0 Å². The standard InChI is InChI=1S/C16H27N/c1-12(2)11-16(17(5)6)15-9-7-14(8-10-15)13(3)4/h7-10,12-13,16H,11H2,1-6H3. The molecule has 0 saturated heterocycles. The normalized spacial score (nSPS) is 13.7. The van der Waals surface area contributed by atoms with Crippen LogP contribution in [0.1, 0.15) is 57.2 Å². The number of hydrogen-bond donors (Lipinski definition) is 0. The Hall–Kier alpha value is -0.820. The van der Waals surface area contributed by atoms with Crippen molar-refractivity contribution in [3.05, 3.63) is 35.4 Å². The molecule has 1 aromatic rings. The molecule has 1 aromatic carbocycles. The Labute approximate surface area is 107 Å². The van der Waals surface area contributed by atoms with E-state index in [1.165, 1.54) is 17.5 Å². The first-order chi connectivity index (χ1) is 7.91. The summed E-state index contributed by atoms with van der Waals surface area (Å²) in [7, 11) is 4.34. The monoisotopic (exact) mass is 233 g/mol. The van der Waals surface area contributed by atoms with Gasteiger partial charge in [0.1, 0.15) is 0 Å². The van der Waals surface area contributed by atoms with Gasteiger partial charge >= 0.3 is 0 Å². The first-order valence-corrected chi connectivity index (χ1v) is 6.68. The summed E-state index contributed by atoms with van der Waals surface area (Å²) in [6.45, 7) is 9.07. The molecule has 0 aliphatic heterocycles. The van der Waals surface area contributed by atoms with E-state index in [-0.39, 0.29) is 0 Å². The van der Waals surface area contributed by atoms with Crippen molar-refractivity contribution < 1.29 is 0 Å². The third-order valence-electron chi connectivity index (χ3n) is 3.31. The largest absolute Gasteiger partial charge is 0.302 e. The summed E-state index contributed by atoms with van der Waals surface area (Å²) in [6.07, 6.45) is 1.22. The van der Waals surface area contributed by atoms with Crippen molar-refractivity contribution in [1.82, 2.24) is 4.90 Å². The van der Waals surface area contributed by atoms with E-state index < -0.39 is 0 Å². The first-order valence-electron chi connectivity index (χ1n) is 6.68. The van der Waals surface area contributed by atoms with Gasteiger partial charge in [-0.3, -0.25) is 0 Å². The maximum Gasteiger partial charge on any atom is 0.0344 e. The maximum atomic E-state index is 2.32. The predicted octanol–water partition coefficient (Wildman–Crippen LogP) is 4.46. The van der Waals surface area contributed by atoms with E-state index >= 15 is 0 Å². The molecule has 1 rings (SSSR count). The quantitative estimate of drug-likeness (QED) is 0.726. The third-order valence-corrected chi connectivity index (χ3v) is 3.31. The molecule has 1 unspecified atom stereocenters. The molecular formula is C16H27N. The minimum absolute atomic E-state index is 0.538. The Kier molecular flexibility index (Phi) is 5.20. The van der Waals surface area contributed by atoms with Gasteiger partial charge in [-0.05, 0) is 43.5 Å². The van der Waals surface area contributed by atoms with Crippen LogP contribution in [-0.4, -0.2) is 19.0 Å². The van der Waals surface area contributed by atoms with Crippen LogP contribution in [0.15, 0.2) is 24.3 Å². The predicted molar refractivity (Wildman–Crippen MR) is 76.4 cm³/mol. The van der Waals surface area contributed by atoms with Crippen LogP contribution in [0.4, 0.5) is 0 Å². The second-order valence-electron chi connectivity index (χ2n) is 5.93. The SMILES string of the molecule is CC(C)CC(c1ccc(C(C)C)cc1)N(C)C. The number of rotatable bonds is 5. The zero-order valence-electron chi connectivity index (χ0n) is 12.2. The third kappa shape index (κ3) is 4.16. The molecule has 0 aliphatic carbocycles. The molecule has 96 valence electrons. The van der Waals surface area contributed by atoms with Crippen LogP contribution in [0.25, 0.3) is 0 Å².